The predicted molar refractivity (Wildman–Crippen MR) is 84.2 cm³/mol. The standard InChI is InChI=1S/C15H20N2O3S/c1-14(2,3)11(18)16-9-7-21-8-10(9)17(13(16)20)12(19)15(4,5)6/h7-8H,1-6H3. The number of hydrogen-bond donors (Lipinski definition) is 0. The van der Waals surface area contributed by atoms with Crippen LogP contribution in [0.2, 0.25) is 0 Å². The van der Waals surface area contributed by atoms with E-state index in [9.17, 15) is 14.4 Å². The second kappa shape index (κ2) is 4.66. The molecule has 114 valence electrons. The molecule has 0 fully saturated rings. The van der Waals surface area contributed by atoms with Gasteiger partial charge in [-0.3, -0.25) is 9.59 Å². The lowest BCUT2D eigenvalue weighted by Crippen LogP contribution is -2.40. The summed E-state index contributed by atoms with van der Waals surface area (Å²) in [5.74, 6) is -0.618. The molecule has 2 rings (SSSR count). The highest BCUT2D eigenvalue weighted by Crippen LogP contribution is 2.25. The highest BCUT2D eigenvalue weighted by atomic mass is 32.1. The van der Waals surface area contributed by atoms with Crippen molar-refractivity contribution in [2.75, 3.05) is 0 Å². The maximum Gasteiger partial charge on any atom is 0.342 e. The second-order valence-corrected chi connectivity index (χ2v) is 7.95. The summed E-state index contributed by atoms with van der Waals surface area (Å²) in [5.41, 5.74) is -0.969. The summed E-state index contributed by atoms with van der Waals surface area (Å²) in [6.45, 7) is 10.5. The molecule has 0 unspecified atom stereocenters. The van der Waals surface area contributed by atoms with E-state index in [-0.39, 0.29) is 11.8 Å². The molecule has 5 nitrogen and oxygen atoms in total. The Bertz CT molecular complexity index is 717. The van der Waals surface area contributed by atoms with Crippen LogP contribution in [0.25, 0.3) is 11.0 Å². The molecule has 0 radical (unpaired) electrons. The van der Waals surface area contributed by atoms with Crippen LogP contribution in [0.15, 0.2) is 15.6 Å². The van der Waals surface area contributed by atoms with Crippen LogP contribution in [0.5, 0.6) is 0 Å². The minimum absolute atomic E-state index is 0.309. The molecule has 0 bridgehead atoms. The molecule has 0 aliphatic heterocycles. The van der Waals surface area contributed by atoms with Gasteiger partial charge in [0.1, 0.15) is 0 Å². The van der Waals surface area contributed by atoms with Crippen molar-refractivity contribution in [1.29, 1.82) is 0 Å². The van der Waals surface area contributed by atoms with Gasteiger partial charge in [0.05, 0.1) is 11.0 Å². The Morgan fingerprint density at radius 2 is 1.19 bits per heavy atom. The number of carbonyl (C=O) groups excluding carboxylic acids is 2. The van der Waals surface area contributed by atoms with E-state index in [2.05, 4.69) is 0 Å². The van der Waals surface area contributed by atoms with Crippen molar-refractivity contribution in [3.63, 3.8) is 0 Å². The van der Waals surface area contributed by atoms with Gasteiger partial charge in [-0.25, -0.2) is 13.9 Å². The summed E-state index contributed by atoms with van der Waals surface area (Å²) in [4.78, 5) is 37.7. The van der Waals surface area contributed by atoms with Gasteiger partial charge in [-0.15, -0.1) is 11.3 Å². The Hall–Kier alpha value is -1.69. The van der Waals surface area contributed by atoms with Gasteiger partial charge in [0.15, 0.2) is 0 Å². The minimum Gasteiger partial charge on any atom is -0.273 e. The van der Waals surface area contributed by atoms with Crippen LogP contribution in [0.3, 0.4) is 0 Å². The Kier molecular flexibility index (Phi) is 3.48. The van der Waals surface area contributed by atoms with Gasteiger partial charge in [-0.1, -0.05) is 41.5 Å². The number of aromatic nitrogens is 2. The molecule has 2 aromatic heterocycles. The molecule has 0 saturated carbocycles. The van der Waals surface area contributed by atoms with Crippen molar-refractivity contribution >= 4 is 34.2 Å². The first-order chi connectivity index (χ1) is 9.46. The van der Waals surface area contributed by atoms with Crippen molar-refractivity contribution in [3.05, 3.63) is 21.2 Å². The van der Waals surface area contributed by atoms with Gasteiger partial charge in [0.2, 0.25) is 11.8 Å². The number of rotatable bonds is 0. The largest absolute Gasteiger partial charge is 0.342 e. The topological polar surface area (TPSA) is 61.1 Å². The number of imidazole rings is 1. The third-order valence-electron chi connectivity index (χ3n) is 3.18. The lowest BCUT2D eigenvalue weighted by molar-refractivity contribution is 0.0749. The summed E-state index contributed by atoms with van der Waals surface area (Å²) < 4.78 is 2.24. The number of hydrogen-bond acceptors (Lipinski definition) is 4. The Labute approximate surface area is 127 Å². The molecule has 0 atom stereocenters. The first kappa shape index (κ1) is 15.7. The van der Waals surface area contributed by atoms with Crippen LogP contribution in [-0.2, 0) is 0 Å². The van der Waals surface area contributed by atoms with Crippen molar-refractivity contribution in [2.24, 2.45) is 10.8 Å². The van der Waals surface area contributed by atoms with Crippen molar-refractivity contribution in [2.45, 2.75) is 41.5 Å². The molecule has 0 aliphatic carbocycles. The number of nitrogens with zero attached hydrogens (tertiary/aromatic N) is 2. The third kappa shape index (κ3) is 2.48. The van der Waals surface area contributed by atoms with Crippen LogP contribution in [0, 0.1) is 10.8 Å². The van der Waals surface area contributed by atoms with E-state index in [0.29, 0.717) is 11.0 Å². The van der Waals surface area contributed by atoms with Crippen LogP contribution in [-0.4, -0.2) is 20.9 Å². The maximum absolute atomic E-state index is 12.6. The Balaban J connectivity index is 2.80. The van der Waals surface area contributed by atoms with Gasteiger partial charge in [-0.05, 0) is 0 Å². The first-order valence-electron chi connectivity index (χ1n) is 6.75. The van der Waals surface area contributed by atoms with Crippen molar-refractivity contribution in [1.82, 2.24) is 9.13 Å². The fourth-order valence-electron chi connectivity index (χ4n) is 1.99. The summed E-state index contributed by atoms with van der Waals surface area (Å²) in [6, 6.07) is 0. The van der Waals surface area contributed by atoms with Crippen molar-refractivity contribution in [3.8, 4) is 0 Å². The number of thiophene rings is 1. The molecule has 0 saturated heterocycles. The van der Waals surface area contributed by atoms with E-state index in [1.807, 2.05) is 0 Å². The van der Waals surface area contributed by atoms with E-state index in [1.54, 1.807) is 52.3 Å². The summed E-state index contributed by atoms with van der Waals surface area (Å²) in [5, 5.41) is 3.46. The van der Waals surface area contributed by atoms with E-state index in [0.717, 1.165) is 9.13 Å². The quantitative estimate of drug-likeness (QED) is 0.750. The highest BCUT2D eigenvalue weighted by Gasteiger charge is 2.33. The number of fused-ring (bicyclic) bond motifs is 1. The number of carbonyl (C=O) groups is 2. The zero-order valence-corrected chi connectivity index (χ0v) is 14.0. The first-order valence-corrected chi connectivity index (χ1v) is 7.70. The molecular formula is C15H20N2O3S. The van der Waals surface area contributed by atoms with Gasteiger partial charge in [0, 0.05) is 21.6 Å². The van der Waals surface area contributed by atoms with E-state index < -0.39 is 16.5 Å². The molecule has 0 spiro atoms. The zero-order chi connectivity index (χ0) is 16.2. The highest BCUT2D eigenvalue weighted by molar-refractivity contribution is 7.09. The monoisotopic (exact) mass is 308 g/mol. The molecule has 6 heteroatoms. The maximum atomic E-state index is 12.6. The molecule has 0 aromatic carbocycles. The van der Waals surface area contributed by atoms with Crippen LogP contribution >= 0.6 is 11.3 Å². The fourth-order valence-corrected chi connectivity index (χ4v) is 2.77. The molecule has 21 heavy (non-hydrogen) atoms. The van der Waals surface area contributed by atoms with Crippen LogP contribution < -0.4 is 5.69 Å². The molecule has 2 heterocycles. The predicted octanol–water partition coefficient (Wildman–Crippen LogP) is 3.24. The van der Waals surface area contributed by atoms with Gasteiger partial charge >= 0.3 is 5.69 Å². The summed E-state index contributed by atoms with van der Waals surface area (Å²) in [6.07, 6.45) is 0. The summed E-state index contributed by atoms with van der Waals surface area (Å²) in [7, 11) is 0. The van der Waals surface area contributed by atoms with E-state index in [4.69, 9.17) is 0 Å². The Morgan fingerprint density at radius 3 is 1.48 bits per heavy atom. The molecule has 2 aromatic rings. The molecular weight excluding hydrogens is 288 g/mol. The van der Waals surface area contributed by atoms with Gasteiger partial charge < -0.3 is 0 Å². The average molecular weight is 308 g/mol. The van der Waals surface area contributed by atoms with Crippen molar-refractivity contribution < 1.29 is 9.59 Å². The van der Waals surface area contributed by atoms with E-state index in [1.165, 1.54) is 11.3 Å². The second-order valence-electron chi connectivity index (χ2n) is 7.21. The van der Waals surface area contributed by atoms with E-state index >= 15 is 0 Å². The Morgan fingerprint density at radius 1 is 0.857 bits per heavy atom. The third-order valence-corrected chi connectivity index (χ3v) is 3.89. The lowest BCUT2D eigenvalue weighted by Gasteiger charge is -2.17. The SMILES string of the molecule is CC(C)(C)C(=O)n1c(=O)n(C(=O)C(C)(C)C)c2cscc21. The van der Waals surface area contributed by atoms with Crippen LogP contribution in [0.1, 0.15) is 51.1 Å². The molecule has 0 N–H and O–H groups in total. The lowest BCUT2D eigenvalue weighted by atomic mass is 9.95. The smallest absolute Gasteiger partial charge is 0.273 e. The average Bonchev–Trinajstić information content (AvgIpc) is 2.84. The van der Waals surface area contributed by atoms with Crippen LogP contribution in [0.4, 0.5) is 0 Å². The van der Waals surface area contributed by atoms with Gasteiger partial charge in [0.25, 0.3) is 0 Å². The van der Waals surface area contributed by atoms with Gasteiger partial charge in [-0.2, -0.15) is 0 Å². The minimum atomic E-state index is -0.699. The summed E-state index contributed by atoms with van der Waals surface area (Å²) >= 11 is 1.37. The normalized spacial score (nSPS) is 12.9. The molecule has 0 amide bonds. The zero-order valence-electron chi connectivity index (χ0n) is 13.2. The molecule has 0 aliphatic rings. The fraction of sp³-hybridized carbons (Fsp3) is 0.533.